The maximum absolute atomic E-state index is 12.2. The quantitative estimate of drug-likeness (QED) is 0.528. The van der Waals surface area contributed by atoms with E-state index in [4.69, 9.17) is 22.6 Å². The van der Waals surface area contributed by atoms with Crippen molar-refractivity contribution < 1.29 is 9.90 Å². The van der Waals surface area contributed by atoms with Crippen molar-refractivity contribution in [3.8, 4) is 0 Å². The van der Waals surface area contributed by atoms with Crippen LogP contribution < -0.4 is 11.3 Å². The molecule has 0 saturated heterocycles. The molecular formula is C11H17ClN4O2. The largest absolute Gasteiger partial charge is 0.395 e. The van der Waals surface area contributed by atoms with Gasteiger partial charge < -0.3 is 15.4 Å². The lowest BCUT2D eigenvalue weighted by Crippen LogP contribution is -2.35. The summed E-state index contributed by atoms with van der Waals surface area (Å²) in [5.74, 6) is 5.29. The SMILES string of the molecule is CCCN(CCO)C(=O)c1nc(NN)ccc1Cl. The minimum atomic E-state index is -0.312. The van der Waals surface area contributed by atoms with E-state index < -0.39 is 0 Å². The zero-order valence-electron chi connectivity index (χ0n) is 10.2. The third-order valence-electron chi connectivity index (χ3n) is 2.35. The van der Waals surface area contributed by atoms with Crippen molar-refractivity contribution in [3.63, 3.8) is 0 Å². The molecule has 0 fully saturated rings. The summed E-state index contributed by atoms with van der Waals surface area (Å²) in [7, 11) is 0. The topological polar surface area (TPSA) is 91.5 Å². The Morgan fingerprint density at radius 2 is 2.28 bits per heavy atom. The summed E-state index contributed by atoms with van der Waals surface area (Å²) in [6.45, 7) is 2.64. The van der Waals surface area contributed by atoms with Gasteiger partial charge in [0.25, 0.3) is 5.91 Å². The summed E-state index contributed by atoms with van der Waals surface area (Å²) in [6.07, 6.45) is 0.790. The van der Waals surface area contributed by atoms with Crippen LogP contribution in [0.3, 0.4) is 0 Å². The number of halogens is 1. The number of aromatic nitrogens is 1. The number of hydrogen-bond acceptors (Lipinski definition) is 5. The standard InChI is InChI=1S/C11H17ClN4O2/c1-2-5-16(6-7-17)11(18)10-8(12)3-4-9(14-10)15-13/h3-4,17H,2,5-7,13H2,1H3,(H,14,15). The molecule has 0 atom stereocenters. The lowest BCUT2D eigenvalue weighted by atomic mass is 10.3. The summed E-state index contributed by atoms with van der Waals surface area (Å²) < 4.78 is 0. The van der Waals surface area contributed by atoms with Crippen LogP contribution >= 0.6 is 11.6 Å². The fraction of sp³-hybridized carbons (Fsp3) is 0.455. The third kappa shape index (κ3) is 3.56. The van der Waals surface area contributed by atoms with E-state index in [-0.39, 0.29) is 29.8 Å². The van der Waals surface area contributed by atoms with Crippen LogP contribution in [0.15, 0.2) is 12.1 Å². The van der Waals surface area contributed by atoms with Crippen molar-refractivity contribution in [2.24, 2.45) is 5.84 Å². The van der Waals surface area contributed by atoms with Gasteiger partial charge in [0.05, 0.1) is 11.6 Å². The van der Waals surface area contributed by atoms with E-state index in [1.54, 1.807) is 12.1 Å². The molecule has 0 aromatic carbocycles. The fourth-order valence-corrected chi connectivity index (χ4v) is 1.71. The van der Waals surface area contributed by atoms with Crippen LogP contribution in [0.2, 0.25) is 5.02 Å². The molecule has 1 amide bonds. The summed E-state index contributed by atoms with van der Waals surface area (Å²) in [5, 5.41) is 9.21. The number of nitrogens with one attached hydrogen (secondary N) is 1. The van der Waals surface area contributed by atoms with Crippen molar-refractivity contribution in [2.45, 2.75) is 13.3 Å². The molecule has 0 bridgehead atoms. The van der Waals surface area contributed by atoms with Crippen LogP contribution in [0.1, 0.15) is 23.8 Å². The van der Waals surface area contributed by atoms with Crippen LogP contribution in [0.5, 0.6) is 0 Å². The summed E-state index contributed by atoms with van der Waals surface area (Å²) in [5.41, 5.74) is 2.50. The lowest BCUT2D eigenvalue weighted by molar-refractivity contribution is 0.0716. The number of nitrogen functional groups attached to an aromatic ring is 1. The Bertz CT molecular complexity index is 408. The molecule has 0 aliphatic rings. The van der Waals surface area contributed by atoms with E-state index in [9.17, 15) is 4.79 Å². The molecule has 1 rings (SSSR count). The lowest BCUT2D eigenvalue weighted by Gasteiger charge is -2.21. The molecule has 100 valence electrons. The monoisotopic (exact) mass is 272 g/mol. The number of hydrogen-bond donors (Lipinski definition) is 3. The molecular weight excluding hydrogens is 256 g/mol. The van der Waals surface area contributed by atoms with Gasteiger partial charge in [-0.2, -0.15) is 0 Å². The highest BCUT2D eigenvalue weighted by Gasteiger charge is 2.19. The number of aliphatic hydroxyl groups excluding tert-OH is 1. The molecule has 7 heteroatoms. The van der Waals surface area contributed by atoms with Gasteiger partial charge in [0.2, 0.25) is 0 Å². The fourth-order valence-electron chi connectivity index (χ4n) is 1.53. The number of nitrogens with two attached hydrogens (primary N) is 1. The van der Waals surface area contributed by atoms with E-state index in [0.29, 0.717) is 12.4 Å². The molecule has 1 heterocycles. The zero-order chi connectivity index (χ0) is 13.5. The number of nitrogens with zero attached hydrogens (tertiary/aromatic N) is 2. The van der Waals surface area contributed by atoms with Gasteiger partial charge in [-0.1, -0.05) is 18.5 Å². The number of amides is 1. The summed E-state index contributed by atoms with van der Waals surface area (Å²) in [4.78, 5) is 17.8. The van der Waals surface area contributed by atoms with Gasteiger partial charge in [-0.05, 0) is 18.6 Å². The van der Waals surface area contributed by atoms with Crippen LogP contribution in [-0.2, 0) is 0 Å². The molecule has 0 saturated carbocycles. The van der Waals surface area contributed by atoms with Gasteiger partial charge >= 0.3 is 0 Å². The van der Waals surface area contributed by atoms with Crippen molar-refractivity contribution in [1.29, 1.82) is 0 Å². The first-order chi connectivity index (χ1) is 8.63. The van der Waals surface area contributed by atoms with Gasteiger partial charge in [0, 0.05) is 13.1 Å². The predicted octanol–water partition coefficient (Wildman–Crippen LogP) is 0.865. The average Bonchev–Trinajstić information content (AvgIpc) is 2.38. The summed E-state index contributed by atoms with van der Waals surface area (Å²) in [6, 6.07) is 3.13. The Kier molecular flexibility index (Phi) is 5.84. The smallest absolute Gasteiger partial charge is 0.274 e. The highest BCUT2D eigenvalue weighted by molar-refractivity contribution is 6.33. The van der Waals surface area contributed by atoms with Crippen LogP contribution in [0.25, 0.3) is 0 Å². The van der Waals surface area contributed by atoms with E-state index >= 15 is 0 Å². The van der Waals surface area contributed by atoms with Crippen molar-refractivity contribution in [1.82, 2.24) is 9.88 Å². The third-order valence-corrected chi connectivity index (χ3v) is 2.65. The van der Waals surface area contributed by atoms with E-state index in [2.05, 4.69) is 10.4 Å². The van der Waals surface area contributed by atoms with Crippen LogP contribution in [-0.4, -0.2) is 40.6 Å². The second-order valence-corrected chi connectivity index (χ2v) is 4.09. The Morgan fingerprint density at radius 3 is 2.83 bits per heavy atom. The molecule has 18 heavy (non-hydrogen) atoms. The highest BCUT2D eigenvalue weighted by atomic mass is 35.5. The molecule has 0 unspecified atom stereocenters. The number of anilines is 1. The number of rotatable bonds is 6. The average molecular weight is 273 g/mol. The number of carbonyl (C=O) groups is 1. The van der Waals surface area contributed by atoms with Gasteiger partial charge in [0.15, 0.2) is 0 Å². The molecule has 1 aromatic rings. The zero-order valence-corrected chi connectivity index (χ0v) is 10.9. The molecule has 0 aliphatic carbocycles. The molecule has 0 spiro atoms. The number of aliphatic hydroxyl groups is 1. The maximum Gasteiger partial charge on any atom is 0.274 e. The molecule has 1 aromatic heterocycles. The highest BCUT2D eigenvalue weighted by Crippen LogP contribution is 2.18. The Labute approximate surface area is 111 Å². The minimum Gasteiger partial charge on any atom is -0.395 e. The first-order valence-electron chi connectivity index (χ1n) is 5.67. The Balaban J connectivity index is 2.99. The molecule has 4 N–H and O–H groups in total. The predicted molar refractivity (Wildman–Crippen MR) is 70.3 cm³/mol. The number of carbonyl (C=O) groups excluding carboxylic acids is 1. The first kappa shape index (κ1) is 14.7. The van der Waals surface area contributed by atoms with E-state index in [0.717, 1.165) is 6.42 Å². The van der Waals surface area contributed by atoms with Gasteiger partial charge in [-0.25, -0.2) is 10.8 Å². The summed E-state index contributed by atoms with van der Waals surface area (Å²) >= 11 is 5.95. The Hall–Kier alpha value is -1.37. The van der Waals surface area contributed by atoms with Gasteiger partial charge in [-0.3, -0.25) is 4.79 Å². The Morgan fingerprint density at radius 1 is 1.56 bits per heavy atom. The van der Waals surface area contributed by atoms with Gasteiger partial charge in [-0.15, -0.1) is 0 Å². The van der Waals surface area contributed by atoms with Gasteiger partial charge in [0.1, 0.15) is 11.5 Å². The van der Waals surface area contributed by atoms with Crippen molar-refractivity contribution in [2.75, 3.05) is 25.1 Å². The van der Waals surface area contributed by atoms with Crippen molar-refractivity contribution in [3.05, 3.63) is 22.8 Å². The molecule has 0 aliphatic heterocycles. The molecule has 0 radical (unpaired) electrons. The second kappa shape index (κ2) is 7.15. The van der Waals surface area contributed by atoms with Crippen LogP contribution in [0, 0.1) is 0 Å². The number of hydrazine groups is 1. The van der Waals surface area contributed by atoms with E-state index in [1.807, 2.05) is 6.92 Å². The van der Waals surface area contributed by atoms with E-state index in [1.165, 1.54) is 4.90 Å². The normalized spacial score (nSPS) is 10.2. The van der Waals surface area contributed by atoms with Crippen molar-refractivity contribution >= 4 is 23.3 Å². The minimum absolute atomic E-state index is 0.0990. The van der Waals surface area contributed by atoms with Crippen LogP contribution in [0.4, 0.5) is 5.82 Å². The first-order valence-corrected chi connectivity index (χ1v) is 6.05. The number of pyridine rings is 1. The maximum atomic E-state index is 12.2. The molecule has 6 nitrogen and oxygen atoms in total. The second-order valence-electron chi connectivity index (χ2n) is 3.69.